The fraction of sp³-hybridized carbons (Fsp3) is 0.857. The van der Waals surface area contributed by atoms with Crippen molar-refractivity contribution < 1.29 is 18.0 Å². The molecule has 2 aliphatic rings. The van der Waals surface area contributed by atoms with Crippen molar-refractivity contribution in [1.29, 1.82) is 0 Å². The molecule has 0 aromatic heterocycles. The Morgan fingerprint density at radius 3 is 2.79 bits per heavy atom. The maximum atomic E-state index is 12.1. The SMILES string of the molecule is O=C1N[C@@H]2CC[C@@H](SC(F)(F)F)N1C2. The number of halogens is 3. The maximum absolute atomic E-state index is 12.1. The fourth-order valence-corrected chi connectivity index (χ4v) is 2.68. The summed E-state index contributed by atoms with van der Waals surface area (Å²) in [6, 6.07) is -0.318. The van der Waals surface area contributed by atoms with Crippen LogP contribution >= 0.6 is 11.8 Å². The van der Waals surface area contributed by atoms with Gasteiger partial charge in [0, 0.05) is 12.6 Å². The van der Waals surface area contributed by atoms with Crippen LogP contribution in [0, 0.1) is 0 Å². The van der Waals surface area contributed by atoms with Gasteiger partial charge < -0.3 is 10.2 Å². The van der Waals surface area contributed by atoms with E-state index in [1.54, 1.807) is 0 Å². The highest BCUT2D eigenvalue weighted by Gasteiger charge is 2.44. The quantitative estimate of drug-likeness (QED) is 0.738. The van der Waals surface area contributed by atoms with Crippen LogP contribution in [0.1, 0.15) is 12.8 Å². The van der Waals surface area contributed by atoms with Gasteiger partial charge in [-0.15, -0.1) is 0 Å². The first-order valence-electron chi connectivity index (χ1n) is 4.27. The van der Waals surface area contributed by atoms with Crippen molar-refractivity contribution in [3.8, 4) is 0 Å². The summed E-state index contributed by atoms with van der Waals surface area (Å²) in [5, 5.41) is 1.90. The van der Waals surface area contributed by atoms with Crippen LogP contribution in [0.5, 0.6) is 0 Å². The molecule has 3 nitrogen and oxygen atoms in total. The first kappa shape index (κ1) is 9.95. The lowest BCUT2D eigenvalue weighted by Gasteiger charge is -2.30. The summed E-state index contributed by atoms with van der Waals surface area (Å²) in [5.74, 6) is 0. The van der Waals surface area contributed by atoms with Gasteiger partial charge in [-0.1, -0.05) is 0 Å². The second kappa shape index (κ2) is 3.22. The second-order valence-electron chi connectivity index (χ2n) is 3.39. The molecule has 2 atom stereocenters. The highest BCUT2D eigenvalue weighted by molar-refractivity contribution is 8.00. The van der Waals surface area contributed by atoms with Crippen molar-refractivity contribution in [2.75, 3.05) is 6.54 Å². The summed E-state index contributed by atoms with van der Waals surface area (Å²) < 4.78 is 36.3. The Labute approximate surface area is 83.0 Å². The Bertz CT molecular complexity index is 258. The zero-order valence-electron chi connectivity index (χ0n) is 7.17. The number of hydrogen-bond donors (Lipinski definition) is 1. The number of hydrogen-bond acceptors (Lipinski definition) is 2. The third kappa shape index (κ3) is 1.92. The molecular weight excluding hydrogens is 217 g/mol. The number of piperidine rings is 1. The maximum Gasteiger partial charge on any atom is 0.443 e. The second-order valence-corrected chi connectivity index (χ2v) is 4.64. The minimum atomic E-state index is -4.26. The van der Waals surface area contributed by atoms with E-state index in [1.807, 2.05) is 0 Å². The molecular formula is C7H9F3N2OS. The molecule has 2 fully saturated rings. The van der Waals surface area contributed by atoms with E-state index in [0.29, 0.717) is 19.4 Å². The smallest absolute Gasteiger partial charge is 0.333 e. The highest BCUT2D eigenvalue weighted by Crippen LogP contribution is 2.40. The number of carbonyl (C=O) groups excluding carboxylic acids is 1. The number of fused-ring (bicyclic) bond motifs is 2. The van der Waals surface area contributed by atoms with Gasteiger partial charge in [-0.25, -0.2) is 4.79 Å². The molecule has 2 aliphatic heterocycles. The lowest BCUT2D eigenvalue weighted by molar-refractivity contribution is -0.0344. The Hall–Kier alpha value is -0.590. The third-order valence-corrected chi connectivity index (χ3v) is 3.41. The van der Waals surface area contributed by atoms with Crippen molar-refractivity contribution in [3.05, 3.63) is 0 Å². The van der Waals surface area contributed by atoms with Crippen molar-refractivity contribution in [3.63, 3.8) is 0 Å². The van der Waals surface area contributed by atoms with Gasteiger partial charge in [0.25, 0.3) is 0 Å². The van der Waals surface area contributed by atoms with Crippen LogP contribution in [0.25, 0.3) is 0 Å². The zero-order chi connectivity index (χ0) is 10.3. The molecule has 14 heavy (non-hydrogen) atoms. The summed E-state index contributed by atoms with van der Waals surface area (Å²) in [5.41, 5.74) is -4.26. The Morgan fingerprint density at radius 2 is 2.14 bits per heavy atom. The number of alkyl halides is 3. The van der Waals surface area contributed by atoms with E-state index in [2.05, 4.69) is 5.32 Å². The molecule has 80 valence electrons. The van der Waals surface area contributed by atoms with Crippen LogP contribution in [0.15, 0.2) is 0 Å². The topological polar surface area (TPSA) is 32.3 Å². The molecule has 0 unspecified atom stereocenters. The van der Waals surface area contributed by atoms with E-state index in [4.69, 9.17) is 0 Å². The molecule has 0 aromatic carbocycles. The third-order valence-electron chi connectivity index (χ3n) is 2.38. The van der Waals surface area contributed by atoms with Crippen molar-refractivity contribution in [2.24, 2.45) is 0 Å². The molecule has 7 heteroatoms. The van der Waals surface area contributed by atoms with E-state index in [-0.39, 0.29) is 23.8 Å². The first-order valence-corrected chi connectivity index (χ1v) is 5.15. The predicted molar refractivity (Wildman–Crippen MR) is 45.7 cm³/mol. The van der Waals surface area contributed by atoms with Crippen LogP contribution in [-0.4, -0.2) is 34.4 Å². The summed E-state index contributed by atoms with van der Waals surface area (Å²) >= 11 is -0.0941. The van der Waals surface area contributed by atoms with Gasteiger partial charge in [0.05, 0.1) is 5.37 Å². The molecule has 2 heterocycles. The average Bonchev–Trinajstić information content (AvgIpc) is 2.33. The molecule has 0 saturated carbocycles. The molecule has 2 amide bonds. The monoisotopic (exact) mass is 226 g/mol. The van der Waals surface area contributed by atoms with E-state index in [0.717, 1.165) is 0 Å². The predicted octanol–water partition coefficient (Wildman–Crippen LogP) is 1.75. The number of amides is 2. The van der Waals surface area contributed by atoms with Crippen molar-refractivity contribution in [2.45, 2.75) is 29.8 Å². The number of nitrogens with one attached hydrogen (secondary N) is 1. The molecule has 0 spiro atoms. The minimum absolute atomic E-state index is 0.0487. The van der Waals surface area contributed by atoms with Gasteiger partial charge >= 0.3 is 11.5 Å². The minimum Gasteiger partial charge on any atom is -0.333 e. The van der Waals surface area contributed by atoms with E-state index in [1.165, 1.54) is 4.90 Å². The average molecular weight is 226 g/mol. The Balaban J connectivity index is 2.03. The van der Waals surface area contributed by atoms with Gasteiger partial charge in [0.2, 0.25) is 0 Å². The lowest BCUT2D eigenvalue weighted by atomic mass is 10.1. The molecule has 1 N–H and O–H groups in total. The van der Waals surface area contributed by atoms with Crippen LogP contribution in [-0.2, 0) is 0 Å². The fourth-order valence-electron chi connectivity index (χ4n) is 1.81. The molecule has 0 aliphatic carbocycles. The lowest BCUT2D eigenvalue weighted by Crippen LogP contribution is -2.39. The van der Waals surface area contributed by atoms with Gasteiger partial charge in [-0.3, -0.25) is 0 Å². The molecule has 0 radical (unpaired) electrons. The largest absolute Gasteiger partial charge is 0.443 e. The normalized spacial score (nSPS) is 31.9. The number of carbonyl (C=O) groups is 1. The van der Waals surface area contributed by atoms with Crippen LogP contribution in [0.4, 0.5) is 18.0 Å². The van der Waals surface area contributed by atoms with Gasteiger partial charge in [0.15, 0.2) is 0 Å². The summed E-state index contributed by atoms with van der Waals surface area (Å²) in [6.45, 7) is 0.409. The standard InChI is InChI=1S/C7H9F3N2OS/c8-7(9,10)14-5-2-1-4-3-12(5)6(13)11-4/h4-5H,1-3H2,(H,11,13)/t4-,5-/m1/s1. The summed E-state index contributed by atoms with van der Waals surface area (Å²) in [4.78, 5) is 12.5. The number of thioether (sulfide) groups is 1. The van der Waals surface area contributed by atoms with Gasteiger partial charge in [-0.05, 0) is 24.6 Å². The van der Waals surface area contributed by atoms with E-state index >= 15 is 0 Å². The number of rotatable bonds is 1. The molecule has 0 aromatic rings. The Morgan fingerprint density at radius 1 is 1.43 bits per heavy atom. The summed E-state index contributed by atoms with van der Waals surface area (Å²) in [7, 11) is 0. The first-order chi connectivity index (χ1) is 6.46. The number of nitrogens with zero attached hydrogens (tertiary/aromatic N) is 1. The summed E-state index contributed by atoms with van der Waals surface area (Å²) in [6.07, 6.45) is 1.05. The van der Waals surface area contributed by atoms with Crippen LogP contribution in [0.3, 0.4) is 0 Å². The zero-order valence-corrected chi connectivity index (χ0v) is 7.99. The molecule has 2 rings (SSSR count). The highest BCUT2D eigenvalue weighted by atomic mass is 32.2. The molecule has 2 saturated heterocycles. The van der Waals surface area contributed by atoms with E-state index in [9.17, 15) is 18.0 Å². The van der Waals surface area contributed by atoms with Crippen LogP contribution in [0.2, 0.25) is 0 Å². The van der Waals surface area contributed by atoms with Gasteiger partial charge in [0.1, 0.15) is 0 Å². The van der Waals surface area contributed by atoms with Crippen LogP contribution < -0.4 is 5.32 Å². The Kier molecular flexibility index (Phi) is 2.29. The molecule has 2 bridgehead atoms. The van der Waals surface area contributed by atoms with Crippen molar-refractivity contribution in [1.82, 2.24) is 10.2 Å². The van der Waals surface area contributed by atoms with Crippen molar-refractivity contribution >= 4 is 17.8 Å². The number of urea groups is 1. The van der Waals surface area contributed by atoms with Gasteiger partial charge in [-0.2, -0.15) is 13.2 Å². The van der Waals surface area contributed by atoms with E-state index < -0.39 is 10.9 Å².